The van der Waals surface area contributed by atoms with E-state index in [0.717, 1.165) is 17.5 Å². The van der Waals surface area contributed by atoms with Crippen LogP contribution in [0.5, 0.6) is 0 Å². The Hall–Kier alpha value is -2.90. The van der Waals surface area contributed by atoms with E-state index < -0.39 is 0 Å². The second-order valence-corrected chi connectivity index (χ2v) is 7.12. The Bertz CT molecular complexity index is 1000. The van der Waals surface area contributed by atoms with Crippen LogP contribution in [0.25, 0.3) is 11.0 Å². The molecule has 2 aromatic carbocycles. The van der Waals surface area contributed by atoms with Gasteiger partial charge in [0, 0.05) is 43.3 Å². The molecule has 2 N–H and O–H groups in total. The number of rotatable bonds is 10. The number of nitrogens with one attached hydrogen (secondary N) is 2. The molecule has 0 saturated carbocycles. The van der Waals surface area contributed by atoms with Crippen molar-refractivity contribution in [1.82, 2.24) is 14.9 Å². The van der Waals surface area contributed by atoms with Crippen molar-refractivity contribution in [3.05, 3.63) is 59.1 Å². The Balaban J connectivity index is 1.57. The van der Waals surface area contributed by atoms with Gasteiger partial charge in [-0.15, -0.1) is 0 Å². The highest BCUT2D eigenvalue weighted by atomic mass is 35.5. The Morgan fingerprint density at radius 2 is 1.90 bits per heavy atom. The number of nitrogens with zero attached hydrogens (tertiary/aromatic N) is 2. The first-order chi connectivity index (χ1) is 14.6. The number of para-hydroxylation sites is 2. The van der Waals surface area contributed by atoms with Gasteiger partial charge in [-0.2, -0.15) is 0 Å². The maximum atomic E-state index is 12.4. The minimum Gasteiger partial charge on any atom is -0.382 e. The fourth-order valence-electron chi connectivity index (χ4n) is 3.05. The SMILES string of the molecule is CCOCCCn1c(NC(=O)CCNC(=O)c2ccc(Cl)cc2)nc2ccccc21. The molecule has 3 rings (SSSR count). The van der Waals surface area contributed by atoms with Crippen molar-refractivity contribution in [2.45, 2.75) is 26.3 Å². The fraction of sp³-hybridized carbons (Fsp3) is 0.318. The molecule has 1 aromatic heterocycles. The molecule has 30 heavy (non-hydrogen) atoms. The van der Waals surface area contributed by atoms with Gasteiger partial charge >= 0.3 is 0 Å². The van der Waals surface area contributed by atoms with Crippen molar-refractivity contribution in [2.24, 2.45) is 0 Å². The van der Waals surface area contributed by atoms with Crippen LogP contribution in [0.2, 0.25) is 5.02 Å². The van der Waals surface area contributed by atoms with E-state index >= 15 is 0 Å². The Morgan fingerprint density at radius 1 is 1.13 bits per heavy atom. The van der Waals surface area contributed by atoms with E-state index in [4.69, 9.17) is 16.3 Å². The minimum absolute atomic E-state index is 0.140. The number of imidazole rings is 1. The lowest BCUT2D eigenvalue weighted by atomic mass is 10.2. The lowest BCUT2D eigenvalue weighted by molar-refractivity contribution is -0.116. The van der Waals surface area contributed by atoms with Crippen LogP contribution in [0.15, 0.2) is 48.5 Å². The number of fused-ring (bicyclic) bond motifs is 1. The quantitative estimate of drug-likeness (QED) is 0.480. The summed E-state index contributed by atoms with van der Waals surface area (Å²) in [5, 5.41) is 6.17. The first-order valence-electron chi connectivity index (χ1n) is 9.95. The zero-order valence-electron chi connectivity index (χ0n) is 16.9. The number of hydrogen-bond acceptors (Lipinski definition) is 4. The molecule has 0 saturated heterocycles. The average Bonchev–Trinajstić information content (AvgIpc) is 3.08. The molecule has 3 aromatic rings. The smallest absolute Gasteiger partial charge is 0.251 e. The van der Waals surface area contributed by atoms with Crippen LogP contribution >= 0.6 is 11.6 Å². The maximum absolute atomic E-state index is 12.4. The summed E-state index contributed by atoms with van der Waals surface area (Å²) in [5.41, 5.74) is 2.27. The number of aryl methyl sites for hydroxylation is 1. The van der Waals surface area contributed by atoms with E-state index in [9.17, 15) is 9.59 Å². The molecule has 0 aliphatic carbocycles. The third-order valence-electron chi connectivity index (χ3n) is 4.52. The summed E-state index contributed by atoms with van der Waals surface area (Å²) in [6.45, 7) is 4.19. The van der Waals surface area contributed by atoms with Gasteiger partial charge in [-0.3, -0.25) is 14.9 Å². The van der Waals surface area contributed by atoms with Crippen LogP contribution in [0.3, 0.4) is 0 Å². The van der Waals surface area contributed by atoms with Crippen molar-refractivity contribution in [3.8, 4) is 0 Å². The standard InChI is InChI=1S/C22H25ClN4O3/c1-2-30-15-5-14-27-19-7-4-3-6-18(19)25-22(27)26-20(28)12-13-24-21(29)16-8-10-17(23)11-9-16/h3-4,6-11H,2,5,12-15H2,1H3,(H,24,29)(H,25,26,28). The largest absolute Gasteiger partial charge is 0.382 e. The number of aromatic nitrogens is 2. The lowest BCUT2D eigenvalue weighted by Gasteiger charge is -2.10. The van der Waals surface area contributed by atoms with Gasteiger partial charge in [-0.05, 0) is 49.7 Å². The molecule has 0 radical (unpaired) electrons. The topological polar surface area (TPSA) is 85.2 Å². The van der Waals surface area contributed by atoms with Crippen LogP contribution in [0, 0.1) is 0 Å². The number of halogens is 1. The monoisotopic (exact) mass is 428 g/mol. The first-order valence-corrected chi connectivity index (χ1v) is 10.3. The first kappa shape index (κ1) is 21.8. The minimum atomic E-state index is -0.248. The highest BCUT2D eigenvalue weighted by molar-refractivity contribution is 6.30. The normalized spacial score (nSPS) is 10.9. The van der Waals surface area contributed by atoms with Crippen LogP contribution in [-0.4, -0.2) is 41.1 Å². The zero-order chi connectivity index (χ0) is 21.3. The lowest BCUT2D eigenvalue weighted by Crippen LogP contribution is -2.28. The molecule has 1 heterocycles. The van der Waals surface area contributed by atoms with Gasteiger partial charge < -0.3 is 14.6 Å². The molecule has 0 atom stereocenters. The van der Waals surface area contributed by atoms with Crippen molar-refractivity contribution in [3.63, 3.8) is 0 Å². The van der Waals surface area contributed by atoms with E-state index in [2.05, 4.69) is 15.6 Å². The van der Waals surface area contributed by atoms with Gasteiger partial charge in [0.1, 0.15) is 0 Å². The van der Waals surface area contributed by atoms with Crippen molar-refractivity contribution in [2.75, 3.05) is 25.1 Å². The summed E-state index contributed by atoms with van der Waals surface area (Å²) >= 11 is 5.83. The third-order valence-corrected chi connectivity index (χ3v) is 4.78. The number of anilines is 1. The molecule has 0 spiro atoms. The van der Waals surface area contributed by atoms with Gasteiger partial charge in [0.2, 0.25) is 11.9 Å². The molecule has 2 amide bonds. The Kier molecular flexibility index (Phi) is 7.82. The summed E-state index contributed by atoms with van der Waals surface area (Å²) in [6.07, 6.45) is 0.954. The van der Waals surface area contributed by atoms with Crippen molar-refractivity contribution in [1.29, 1.82) is 0 Å². The van der Waals surface area contributed by atoms with Crippen molar-refractivity contribution >= 4 is 40.4 Å². The molecular weight excluding hydrogens is 404 g/mol. The molecular formula is C22H25ClN4O3. The molecule has 0 aliphatic rings. The van der Waals surface area contributed by atoms with E-state index in [1.54, 1.807) is 24.3 Å². The summed E-state index contributed by atoms with van der Waals surface area (Å²) in [4.78, 5) is 29.1. The molecule has 7 nitrogen and oxygen atoms in total. The van der Waals surface area contributed by atoms with E-state index in [-0.39, 0.29) is 24.8 Å². The number of benzene rings is 2. The highest BCUT2D eigenvalue weighted by Crippen LogP contribution is 2.20. The summed E-state index contributed by atoms with van der Waals surface area (Å²) in [5.74, 6) is 0.0390. The van der Waals surface area contributed by atoms with Crippen LogP contribution in [-0.2, 0) is 16.1 Å². The predicted octanol–water partition coefficient (Wildman–Crippen LogP) is 3.87. The van der Waals surface area contributed by atoms with Crippen LogP contribution in [0.4, 0.5) is 5.95 Å². The number of ether oxygens (including phenoxy) is 1. The molecule has 0 aliphatic heterocycles. The molecule has 158 valence electrons. The third kappa shape index (κ3) is 5.81. The summed E-state index contributed by atoms with van der Waals surface area (Å²) in [7, 11) is 0. The van der Waals surface area contributed by atoms with E-state index in [1.165, 1.54) is 0 Å². The van der Waals surface area contributed by atoms with Gasteiger partial charge in [0.15, 0.2) is 0 Å². The predicted molar refractivity (Wildman–Crippen MR) is 118 cm³/mol. The zero-order valence-corrected chi connectivity index (χ0v) is 17.6. The fourth-order valence-corrected chi connectivity index (χ4v) is 3.17. The second kappa shape index (κ2) is 10.8. The average molecular weight is 429 g/mol. The second-order valence-electron chi connectivity index (χ2n) is 6.69. The number of carbonyl (C=O) groups is 2. The molecule has 0 bridgehead atoms. The van der Waals surface area contributed by atoms with Gasteiger partial charge in [-0.25, -0.2) is 4.98 Å². The highest BCUT2D eigenvalue weighted by Gasteiger charge is 2.13. The Labute approximate surface area is 180 Å². The van der Waals surface area contributed by atoms with Gasteiger partial charge in [0.05, 0.1) is 11.0 Å². The number of hydrogen-bond donors (Lipinski definition) is 2. The van der Waals surface area contributed by atoms with Crippen molar-refractivity contribution < 1.29 is 14.3 Å². The molecule has 0 fully saturated rings. The van der Waals surface area contributed by atoms with Crippen LogP contribution in [0.1, 0.15) is 30.1 Å². The molecule has 0 unspecified atom stereocenters. The molecule has 8 heteroatoms. The van der Waals surface area contributed by atoms with Crippen LogP contribution < -0.4 is 10.6 Å². The summed E-state index contributed by atoms with van der Waals surface area (Å²) in [6, 6.07) is 14.3. The maximum Gasteiger partial charge on any atom is 0.251 e. The van der Waals surface area contributed by atoms with E-state index in [1.807, 2.05) is 35.8 Å². The Morgan fingerprint density at radius 3 is 2.67 bits per heavy atom. The van der Waals surface area contributed by atoms with Gasteiger partial charge in [0.25, 0.3) is 5.91 Å². The van der Waals surface area contributed by atoms with Gasteiger partial charge in [-0.1, -0.05) is 23.7 Å². The number of amides is 2. The van der Waals surface area contributed by atoms with E-state index in [0.29, 0.717) is 36.3 Å². The summed E-state index contributed by atoms with van der Waals surface area (Å²) < 4.78 is 7.40. The number of carbonyl (C=O) groups excluding carboxylic acids is 2.